The third kappa shape index (κ3) is 3.81. The topological polar surface area (TPSA) is 72.1 Å². The zero-order valence-electron chi connectivity index (χ0n) is 17.7. The second-order valence-corrected chi connectivity index (χ2v) is 8.18. The molecule has 1 amide bonds. The number of amides is 1. The minimum Gasteiger partial charge on any atom is -0.356 e. The zero-order chi connectivity index (χ0) is 21.4. The minimum atomic E-state index is 0.0918. The molecule has 0 saturated carbocycles. The van der Waals surface area contributed by atoms with Gasteiger partial charge in [-0.3, -0.25) is 4.79 Å². The van der Waals surface area contributed by atoms with Gasteiger partial charge in [-0.15, -0.1) is 0 Å². The van der Waals surface area contributed by atoms with Gasteiger partial charge in [-0.05, 0) is 49.6 Å². The molecule has 4 aromatic rings. The summed E-state index contributed by atoms with van der Waals surface area (Å²) in [6.45, 7) is 5.21. The zero-order valence-corrected chi connectivity index (χ0v) is 17.7. The Morgan fingerprint density at radius 1 is 1.03 bits per heavy atom. The van der Waals surface area contributed by atoms with Crippen molar-refractivity contribution in [2.24, 2.45) is 0 Å². The van der Waals surface area contributed by atoms with E-state index in [1.807, 2.05) is 67.4 Å². The fourth-order valence-electron chi connectivity index (χ4n) is 4.34. The third-order valence-corrected chi connectivity index (χ3v) is 6.00. The molecule has 1 saturated heterocycles. The number of fused-ring (bicyclic) bond motifs is 1. The summed E-state index contributed by atoms with van der Waals surface area (Å²) in [6.07, 6.45) is 3.54. The third-order valence-electron chi connectivity index (χ3n) is 6.00. The predicted molar refractivity (Wildman–Crippen MR) is 119 cm³/mol. The number of aromatic nitrogens is 3. The van der Waals surface area contributed by atoms with Gasteiger partial charge in [0, 0.05) is 36.8 Å². The van der Waals surface area contributed by atoms with Crippen LogP contribution in [-0.4, -0.2) is 39.0 Å². The van der Waals surface area contributed by atoms with E-state index in [0.29, 0.717) is 18.8 Å². The summed E-state index contributed by atoms with van der Waals surface area (Å²) in [5, 5.41) is 6.24. The first-order chi connectivity index (χ1) is 15.1. The summed E-state index contributed by atoms with van der Waals surface area (Å²) in [6, 6.07) is 16.0. The van der Waals surface area contributed by atoms with Gasteiger partial charge in [0.1, 0.15) is 5.82 Å². The molecule has 1 aliphatic heterocycles. The van der Waals surface area contributed by atoms with Crippen molar-refractivity contribution in [1.82, 2.24) is 20.0 Å². The molecule has 6 nitrogen and oxygen atoms in total. The van der Waals surface area contributed by atoms with E-state index in [-0.39, 0.29) is 11.8 Å². The van der Waals surface area contributed by atoms with Crippen LogP contribution < -0.4 is 0 Å². The Kier molecular flexibility index (Phi) is 4.98. The molecule has 0 spiro atoms. The monoisotopic (exact) mass is 412 g/mol. The fraction of sp³-hybridized carbons (Fsp3) is 0.280. The van der Waals surface area contributed by atoms with Crippen LogP contribution in [0.25, 0.3) is 22.1 Å². The second kappa shape index (κ2) is 7.95. The second-order valence-electron chi connectivity index (χ2n) is 8.18. The van der Waals surface area contributed by atoms with E-state index in [2.05, 4.69) is 16.2 Å². The van der Waals surface area contributed by atoms with Crippen molar-refractivity contribution in [3.8, 4) is 11.3 Å². The number of likely N-dealkylation sites (tertiary alicyclic amines) is 1. The lowest BCUT2D eigenvalue weighted by Crippen LogP contribution is -2.38. The molecule has 0 N–H and O–H groups in total. The predicted octanol–water partition coefficient (Wildman–Crippen LogP) is 4.92. The summed E-state index contributed by atoms with van der Waals surface area (Å²) < 4.78 is 5.48. The van der Waals surface area contributed by atoms with Crippen LogP contribution in [-0.2, 0) is 0 Å². The molecule has 1 aliphatic rings. The lowest BCUT2D eigenvalue weighted by molar-refractivity contribution is 0.0712. The molecular weight excluding hydrogens is 388 g/mol. The minimum absolute atomic E-state index is 0.0918. The first-order valence-corrected chi connectivity index (χ1v) is 10.6. The highest BCUT2D eigenvalue weighted by molar-refractivity contribution is 5.98. The number of piperidine rings is 1. The van der Waals surface area contributed by atoms with Crippen molar-refractivity contribution < 1.29 is 9.32 Å². The summed E-state index contributed by atoms with van der Waals surface area (Å²) >= 11 is 0. The number of carbonyl (C=O) groups is 1. The molecule has 156 valence electrons. The number of rotatable bonds is 3. The van der Waals surface area contributed by atoms with Crippen molar-refractivity contribution in [3.63, 3.8) is 0 Å². The summed E-state index contributed by atoms with van der Waals surface area (Å²) in [4.78, 5) is 24.2. The van der Waals surface area contributed by atoms with Crippen LogP contribution in [0, 0.1) is 13.8 Å². The molecule has 0 unspecified atom stereocenters. The van der Waals surface area contributed by atoms with Crippen molar-refractivity contribution in [2.75, 3.05) is 13.1 Å². The molecular formula is C25H24N4O2. The molecule has 1 fully saturated rings. The molecule has 2 aromatic carbocycles. The first-order valence-electron chi connectivity index (χ1n) is 10.6. The molecule has 6 heteroatoms. The Labute approximate surface area is 180 Å². The number of aryl methyl sites for hydroxylation is 2. The SMILES string of the molecule is Cc1cc(-c2cnc(C)nc2C2CCN(C(=O)c3ccc4ccccc4c3)CC2)on1. The molecule has 2 aromatic heterocycles. The van der Waals surface area contributed by atoms with Gasteiger partial charge < -0.3 is 9.42 Å². The quantitative estimate of drug-likeness (QED) is 0.477. The van der Waals surface area contributed by atoms with Crippen molar-refractivity contribution in [2.45, 2.75) is 32.6 Å². The number of hydrogen-bond acceptors (Lipinski definition) is 5. The standard InChI is InChI=1S/C25H24N4O2/c1-16-13-23(31-28-16)22-15-26-17(2)27-24(22)19-9-11-29(12-10-19)25(30)21-8-7-18-5-3-4-6-20(18)14-21/h3-8,13-15,19H,9-12H2,1-2H3. The van der Waals surface area contributed by atoms with Gasteiger partial charge in [0.2, 0.25) is 0 Å². The van der Waals surface area contributed by atoms with E-state index in [4.69, 9.17) is 9.51 Å². The Morgan fingerprint density at radius 2 is 1.81 bits per heavy atom. The van der Waals surface area contributed by atoms with Crippen LogP contribution in [0.15, 0.2) is 59.3 Å². The number of benzene rings is 2. The van der Waals surface area contributed by atoms with E-state index in [1.165, 1.54) is 0 Å². The highest BCUT2D eigenvalue weighted by Gasteiger charge is 2.28. The van der Waals surface area contributed by atoms with Crippen LogP contribution in [0.1, 0.15) is 46.3 Å². The van der Waals surface area contributed by atoms with Crippen molar-refractivity contribution in [3.05, 3.63) is 77.5 Å². The lowest BCUT2D eigenvalue weighted by atomic mass is 9.89. The Bertz CT molecular complexity index is 1260. The average Bonchev–Trinajstić information content (AvgIpc) is 3.24. The van der Waals surface area contributed by atoms with Crippen molar-refractivity contribution in [1.29, 1.82) is 0 Å². The lowest BCUT2D eigenvalue weighted by Gasteiger charge is -2.32. The van der Waals surface area contributed by atoms with Gasteiger partial charge in [-0.2, -0.15) is 0 Å². The van der Waals surface area contributed by atoms with Crippen LogP contribution in [0.5, 0.6) is 0 Å². The number of nitrogens with zero attached hydrogens (tertiary/aromatic N) is 4. The van der Waals surface area contributed by atoms with E-state index < -0.39 is 0 Å². The molecule has 0 aliphatic carbocycles. The maximum atomic E-state index is 13.1. The van der Waals surface area contributed by atoms with Gasteiger partial charge >= 0.3 is 0 Å². The van der Waals surface area contributed by atoms with E-state index >= 15 is 0 Å². The molecule has 3 heterocycles. The summed E-state index contributed by atoms with van der Waals surface area (Å²) in [5.74, 6) is 1.78. The number of carbonyl (C=O) groups excluding carboxylic acids is 1. The van der Waals surface area contributed by atoms with Gasteiger partial charge in [0.15, 0.2) is 5.76 Å². The normalized spacial score (nSPS) is 14.8. The van der Waals surface area contributed by atoms with Crippen LogP contribution in [0.3, 0.4) is 0 Å². The summed E-state index contributed by atoms with van der Waals surface area (Å²) in [7, 11) is 0. The Balaban J connectivity index is 1.34. The average molecular weight is 412 g/mol. The molecule has 5 rings (SSSR count). The number of hydrogen-bond donors (Lipinski definition) is 0. The van der Waals surface area contributed by atoms with Gasteiger partial charge in [0.05, 0.1) is 17.0 Å². The molecule has 31 heavy (non-hydrogen) atoms. The van der Waals surface area contributed by atoms with E-state index in [9.17, 15) is 4.79 Å². The largest absolute Gasteiger partial charge is 0.356 e. The highest BCUT2D eigenvalue weighted by atomic mass is 16.5. The van der Waals surface area contributed by atoms with Gasteiger partial charge in [0.25, 0.3) is 5.91 Å². The van der Waals surface area contributed by atoms with Crippen LogP contribution >= 0.6 is 0 Å². The highest BCUT2D eigenvalue weighted by Crippen LogP contribution is 2.34. The maximum Gasteiger partial charge on any atom is 0.253 e. The Morgan fingerprint density at radius 3 is 2.55 bits per heavy atom. The van der Waals surface area contributed by atoms with Gasteiger partial charge in [-0.1, -0.05) is 35.5 Å². The van der Waals surface area contributed by atoms with E-state index in [1.54, 1.807) is 0 Å². The maximum absolute atomic E-state index is 13.1. The van der Waals surface area contributed by atoms with Gasteiger partial charge in [-0.25, -0.2) is 9.97 Å². The van der Waals surface area contributed by atoms with E-state index in [0.717, 1.165) is 52.0 Å². The fourth-order valence-corrected chi connectivity index (χ4v) is 4.34. The van der Waals surface area contributed by atoms with Crippen molar-refractivity contribution >= 4 is 16.7 Å². The molecule has 0 atom stereocenters. The smallest absolute Gasteiger partial charge is 0.253 e. The molecule has 0 radical (unpaired) electrons. The van der Waals surface area contributed by atoms with Crippen LogP contribution in [0.2, 0.25) is 0 Å². The summed E-state index contributed by atoms with van der Waals surface area (Å²) in [5.41, 5.74) is 3.46. The molecule has 0 bridgehead atoms. The first kappa shape index (κ1) is 19.4. The Hall–Kier alpha value is -3.54. The van der Waals surface area contributed by atoms with Crippen LogP contribution in [0.4, 0.5) is 0 Å².